The average Bonchev–Trinajstić information content (AvgIpc) is 3.14. The first kappa shape index (κ1) is 14.8. The molecule has 0 bridgehead atoms. The summed E-state index contributed by atoms with van der Waals surface area (Å²) in [5, 5.41) is 0. The van der Waals surface area contributed by atoms with E-state index in [9.17, 15) is 0 Å². The highest BCUT2D eigenvalue weighted by Crippen LogP contribution is 2.38. The van der Waals surface area contributed by atoms with Crippen LogP contribution < -0.4 is 4.74 Å². The van der Waals surface area contributed by atoms with Gasteiger partial charge in [0.15, 0.2) is 6.29 Å². The predicted octanol–water partition coefficient (Wildman–Crippen LogP) is 4.06. The van der Waals surface area contributed by atoms with Gasteiger partial charge in [0, 0.05) is 12.4 Å². The molecular formula is C19H16N2O3. The highest BCUT2D eigenvalue weighted by atomic mass is 16.7. The summed E-state index contributed by atoms with van der Waals surface area (Å²) in [5.74, 6) is 1.08. The number of benzene rings is 1. The van der Waals surface area contributed by atoms with Gasteiger partial charge in [0.2, 0.25) is 5.88 Å². The molecule has 1 fully saturated rings. The summed E-state index contributed by atoms with van der Waals surface area (Å²) in [4.78, 5) is 8.35. The Morgan fingerprint density at radius 3 is 2.67 bits per heavy atom. The van der Waals surface area contributed by atoms with E-state index in [-0.39, 0.29) is 6.10 Å². The minimum Gasteiger partial charge on any atom is -0.437 e. The van der Waals surface area contributed by atoms with Crippen LogP contribution in [-0.4, -0.2) is 16.6 Å². The summed E-state index contributed by atoms with van der Waals surface area (Å²) >= 11 is 0. The van der Waals surface area contributed by atoms with Crippen molar-refractivity contribution in [2.75, 3.05) is 6.61 Å². The van der Waals surface area contributed by atoms with Crippen molar-refractivity contribution in [3.8, 4) is 11.6 Å². The second-order valence-electron chi connectivity index (χ2n) is 5.39. The van der Waals surface area contributed by atoms with E-state index < -0.39 is 6.29 Å². The Bertz CT molecular complexity index is 796. The van der Waals surface area contributed by atoms with Gasteiger partial charge in [-0.15, -0.1) is 0 Å². The van der Waals surface area contributed by atoms with Crippen LogP contribution in [0.2, 0.25) is 0 Å². The molecule has 5 heteroatoms. The van der Waals surface area contributed by atoms with Crippen molar-refractivity contribution in [1.29, 1.82) is 0 Å². The molecule has 2 aromatic heterocycles. The number of ether oxygens (including phenoxy) is 3. The number of hydrogen-bond donors (Lipinski definition) is 0. The lowest BCUT2D eigenvalue weighted by atomic mass is 10.1. The molecule has 0 aliphatic carbocycles. The number of nitrogens with zero attached hydrogens (tertiary/aromatic N) is 2. The molecule has 0 spiro atoms. The van der Waals surface area contributed by atoms with Gasteiger partial charge in [0.05, 0.1) is 18.4 Å². The number of rotatable bonds is 4. The van der Waals surface area contributed by atoms with Crippen LogP contribution in [0.1, 0.15) is 23.5 Å². The quantitative estimate of drug-likeness (QED) is 0.726. The topological polar surface area (TPSA) is 53.5 Å². The first-order valence-electron chi connectivity index (χ1n) is 7.75. The van der Waals surface area contributed by atoms with Gasteiger partial charge in [-0.25, -0.2) is 4.98 Å². The molecule has 1 saturated heterocycles. The second kappa shape index (κ2) is 6.78. The first-order chi connectivity index (χ1) is 11.9. The minimum absolute atomic E-state index is 0.0948. The largest absolute Gasteiger partial charge is 0.437 e. The molecule has 0 amide bonds. The van der Waals surface area contributed by atoms with E-state index in [0.29, 0.717) is 18.2 Å². The fourth-order valence-corrected chi connectivity index (χ4v) is 2.60. The molecule has 24 heavy (non-hydrogen) atoms. The Balaban J connectivity index is 1.55. The van der Waals surface area contributed by atoms with Gasteiger partial charge in [-0.1, -0.05) is 30.3 Å². The van der Waals surface area contributed by atoms with Gasteiger partial charge in [0.1, 0.15) is 11.9 Å². The van der Waals surface area contributed by atoms with Gasteiger partial charge in [-0.3, -0.25) is 4.98 Å². The monoisotopic (exact) mass is 320 g/mol. The highest BCUT2D eigenvalue weighted by Gasteiger charge is 2.31. The number of hydrogen-bond acceptors (Lipinski definition) is 5. The van der Waals surface area contributed by atoms with Crippen molar-refractivity contribution in [2.45, 2.75) is 12.4 Å². The van der Waals surface area contributed by atoms with Crippen molar-refractivity contribution in [2.24, 2.45) is 0 Å². The van der Waals surface area contributed by atoms with Crippen molar-refractivity contribution >= 4 is 0 Å². The molecular weight excluding hydrogens is 304 g/mol. The van der Waals surface area contributed by atoms with Crippen LogP contribution in [0.3, 0.4) is 0 Å². The van der Waals surface area contributed by atoms with E-state index in [2.05, 4.69) is 9.97 Å². The predicted molar refractivity (Wildman–Crippen MR) is 87.5 cm³/mol. The summed E-state index contributed by atoms with van der Waals surface area (Å²) in [6.45, 7) is 0.496. The Kier molecular flexibility index (Phi) is 4.18. The normalized spacial score (nSPS) is 20.0. The third-order valence-electron chi connectivity index (χ3n) is 3.76. The van der Waals surface area contributed by atoms with Crippen LogP contribution in [0.4, 0.5) is 0 Å². The van der Waals surface area contributed by atoms with E-state index in [1.54, 1.807) is 18.6 Å². The smallest absolute Gasteiger partial charge is 0.227 e. The van der Waals surface area contributed by atoms with Crippen molar-refractivity contribution in [1.82, 2.24) is 9.97 Å². The average molecular weight is 320 g/mol. The van der Waals surface area contributed by atoms with Crippen LogP contribution in [0.15, 0.2) is 73.2 Å². The SMILES string of the molecule is c1ccc(C2CO[C@H](c3cccnc3Oc3cccnc3)O2)cc1. The molecule has 3 heterocycles. The van der Waals surface area contributed by atoms with E-state index in [0.717, 1.165) is 11.1 Å². The molecule has 4 rings (SSSR count). The Hall–Kier alpha value is -2.76. The van der Waals surface area contributed by atoms with E-state index >= 15 is 0 Å². The summed E-state index contributed by atoms with van der Waals surface area (Å²) in [5.41, 5.74) is 1.86. The Morgan fingerprint density at radius 2 is 1.83 bits per heavy atom. The molecule has 120 valence electrons. The Labute approximate surface area is 139 Å². The minimum atomic E-state index is -0.504. The molecule has 0 N–H and O–H groups in total. The zero-order valence-corrected chi connectivity index (χ0v) is 12.9. The van der Waals surface area contributed by atoms with Crippen LogP contribution in [0, 0.1) is 0 Å². The third kappa shape index (κ3) is 3.13. The van der Waals surface area contributed by atoms with Crippen LogP contribution in [0.25, 0.3) is 0 Å². The molecule has 3 aromatic rings. The lowest BCUT2D eigenvalue weighted by Gasteiger charge is -2.15. The van der Waals surface area contributed by atoms with E-state index in [1.807, 2.05) is 54.6 Å². The maximum Gasteiger partial charge on any atom is 0.227 e. The zero-order valence-electron chi connectivity index (χ0n) is 12.9. The fourth-order valence-electron chi connectivity index (χ4n) is 2.60. The van der Waals surface area contributed by atoms with Crippen LogP contribution in [-0.2, 0) is 9.47 Å². The third-order valence-corrected chi connectivity index (χ3v) is 3.76. The van der Waals surface area contributed by atoms with Gasteiger partial charge in [-0.05, 0) is 29.8 Å². The van der Waals surface area contributed by atoms with Crippen molar-refractivity contribution in [3.05, 3.63) is 84.3 Å². The van der Waals surface area contributed by atoms with Gasteiger partial charge in [-0.2, -0.15) is 0 Å². The summed E-state index contributed by atoms with van der Waals surface area (Å²) in [7, 11) is 0. The summed E-state index contributed by atoms with van der Waals surface area (Å²) < 4.78 is 17.7. The van der Waals surface area contributed by atoms with E-state index in [4.69, 9.17) is 14.2 Å². The molecule has 1 aliphatic rings. The standard InChI is InChI=1S/C19H16N2O3/c1-2-6-14(7-3-1)17-13-22-19(24-17)16-9-5-11-21-18(16)23-15-8-4-10-20-12-15/h1-12,17,19H,13H2/t17?,19-/m0/s1. The lowest BCUT2D eigenvalue weighted by molar-refractivity contribution is -0.0620. The molecule has 1 aliphatic heterocycles. The van der Waals surface area contributed by atoms with Gasteiger partial charge in [0.25, 0.3) is 0 Å². The van der Waals surface area contributed by atoms with Crippen LogP contribution in [0.5, 0.6) is 11.6 Å². The fraction of sp³-hybridized carbons (Fsp3) is 0.158. The van der Waals surface area contributed by atoms with Gasteiger partial charge >= 0.3 is 0 Å². The highest BCUT2D eigenvalue weighted by molar-refractivity contribution is 5.32. The maximum absolute atomic E-state index is 6.05. The van der Waals surface area contributed by atoms with Crippen molar-refractivity contribution < 1.29 is 14.2 Å². The molecule has 0 saturated carbocycles. The lowest BCUT2D eigenvalue weighted by Crippen LogP contribution is -2.03. The second-order valence-corrected chi connectivity index (χ2v) is 5.39. The number of aromatic nitrogens is 2. The molecule has 5 nitrogen and oxygen atoms in total. The summed E-state index contributed by atoms with van der Waals surface area (Å²) in [6, 6.07) is 17.4. The first-order valence-corrected chi connectivity index (χ1v) is 7.75. The molecule has 1 aromatic carbocycles. The van der Waals surface area contributed by atoms with Crippen molar-refractivity contribution in [3.63, 3.8) is 0 Å². The molecule has 1 unspecified atom stereocenters. The Morgan fingerprint density at radius 1 is 0.958 bits per heavy atom. The summed E-state index contributed by atoms with van der Waals surface area (Å²) in [6.07, 6.45) is 4.42. The zero-order chi connectivity index (χ0) is 16.2. The van der Waals surface area contributed by atoms with Gasteiger partial charge < -0.3 is 14.2 Å². The van der Waals surface area contributed by atoms with Crippen LogP contribution >= 0.6 is 0 Å². The van der Waals surface area contributed by atoms with E-state index in [1.165, 1.54) is 0 Å². The molecule has 2 atom stereocenters. The molecule has 0 radical (unpaired) electrons. The number of pyridine rings is 2. The maximum atomic E-state index is 6.05.